The van der Waals surface area contributed by atoms with Crippen LogP contribution in [0.15, 0.2) is 17.0 Å². The van der Waals surface area contributed by atoms with Crippen molar-refractivity contribution in [3.8, 4) is 0 Å². The molecule has 0 fully saturated rings. The van der Waals surface area contributed by atoms with E-state index in [2.05, 4.69) is 4.72 Å². The molecule has 100 valence electrons. The van der Waals surface area contributed by atoms with E-state index in [4.69, 9.17) is 11.6 Å². The Morgan fingerprint density at radius 3 is 2.50 bits per heavy atom. The lowest BCUT2D eigenvalue weighted by Gasteiger charge is -2.09. The molecule has 4 nitrogen and oxygen atoms in total. The monoisotopic (exact) mass is 293 g/mol. The molecule has 0 saturated heterocycles. The fourth-order valence-electron chi connectivity index (χ4n) is 1.41. The van der Waals surface area contributed by atoms with E-state index in [0.717, 1.165) is 12.1 Å². The standard InChI is InChI=1S/C11H13ClFNO3S/c1-3-10(15)7-5-11(9(13)6-8(7)12)18(16,17)14-4-2/h5-6,14H,3-4H2,1-2H3. The molecule has 1 N–H and O–H groups in total. The lowest BCUT2D eigenvalue weighted by molar-refractivity contribution is 0.0988. The second-order valence-corrected chi connectivity index (χ2v) is 5.68. The van der Waals surface area contributed by atoms with Crippen molar-refractivity contribution in [3.63, 3.8) is 0 Å². The molecule has 0 aliphatic carbocycles. The molecule has 0 aromatic heterocycles. The van der Waals surface area contributed by atoms with E-state index in [1.807, 2.05) is 0 Å². The van der Waals surface area contributed by atoms with Gasteiger partial charge < -0.3 is 0 Å². The van der Waals surface area contributed by atoms with Crippen LogP contribution in [0.1, 0.15) is 30.6 Å². The van der Waals surface area contributed by atoms with Crippen molar-refractivity contribution < 1.29 is 17.6 Å². The molecule has 0 amide bonds. The van der Waals surface area contributed by atoms with E-state index < -0.39 is 20.7 Å². The number of rotatable bonds is 5. The number of carbonyl (C=O) groups is 1. The SMILES string of the molecule is CCNS(=O)(=O)c1cc(C(=O)CC)c(Cl)cc1F. The predicted molar refractivity (Wildman–Crippen MR) is 66.9 cm³/mol. The minimum Gasteiger partial charge on any atom is -0.294 e. The fourth-order valence-corrected chi connectivity index (χ4v) is 2.79. The average molecular weight is 294 g/mol. The van der Waals surface area contributed by atoms with Gasteiger partial charge in [0.2, 0.25) is 10.0 Å². The Morgan fingerprint density at radius 2 is 2.00 bits per heavy atom. The van der Waals surface area contributed by atoms with Gasteiger partial charge in [0.05, 0.1) is 5.02 Å². The van der Waals surface area contributed by atoms with Crippen LogP contribution in [-0.4, -0.2) is 20.7 Å². The molecule has 0 heterocycles. The van der Waals surface area contributed by atoms with Crippen LogP contribution in [0.3, 0.4) is 0 Å². The quantitative estimate of drug-likeness (QED) is 0.848. The summed E-state index contributed by atoms with van der Waals surface area (Å²) in [5.74, 6) is -1.32. The van der Waals surface area contributed by atoms with Gasteiger partial charge >= 0.3 is 0 Å². The first-order valence-corrected chi connectivity index (χ1v) is 7.21. The highest BCUT2D eigenvalue weighted by atomic mass is 35.5. The smallest absolute Gasteiger partial charge is 0.243 e. The van der Waals surface area contributed by atoms with Gasteiger partial charge in [-0.05, 0) is 12.1 Å². The summed E-state index contributed by atoms with van der Waals surface area (Å²) in [5, 5.41) is -0.0881. The summed E-state index contributed by atoms with van der Waals surface area (Å²) in [7, 11) is -3.96. The lowest BCUT2D eigenvalue weighted by atomic mass is 10.1. The van der Waals surface area contributed by atoms with Crippen molar-refractivity contribution in [3.05, 3.63) is 28.5 Å². The number of halogens is 2. The zero-order valence-electron chi connectivity index (χ0n) is 9.96. The Hall–Kier alpha value is -0.980. The molecule has 0 saturated carbocycles. The molecule has 1 rings (SSSR count). The van der Waals surface area contributed by atoms with Crippen LogP contribution in [0.25, 0.3) is 0 Å². The molecular formula is C11H13ClFNO3S. The molecule has 18 heavy (non-hydrogen) atoms. The Balaban J connectivity index is 3.43. The summed E-state index contributed by atoms with van der Waals surface area (Å²) in [4.78, 5) is 11.0. The number of carbonyl (C=O) groups excluding carboxylic acids is 1. The van der Waals surface area contributed by atoms with Gasteiger partial charge in [-0.3, -0.25) is 4.79 Å². The van der Waals surface area contributed by atoms with Crippen molar-refractivity contribution in [1.82, 2.24) is 4.72 Å². The zero-order valence-corrected chi connectivity index (χ0v) is 11.5. The lowest BCUT2D eigenvalue weighted by Crippen LogP contribution is -2.24. The Labute approximate surface area is 110 Å². The number of benzene rings is 1. The van der Waals surface area contributed by atoms with Crippen LogP contribution in [0.5, 0.6) is 0 Å². The van der Waals surface area contributed by atoms with E-state index in [1.165, 1.54) is 0 Å². The second-order valence-electron chi connectivity index (χ2n) is 3.54. The van der Waals surface area contributed by atoms with Crippen LogP contribution in [0.2, 0.25) is 5.02 Å². The molecule has 0 bridgehead atoms. The van der Waals surface area contributed by atoms with Crippen LogP contribution in [0.4, 0.5) is 4.39 Å². The maximum atomic E-state index is 13.6. The molecule has 0 radical (unpaired) electrons. The van der Waals surface area contributed by atoms with Crippen LogP contribution >= 0.6 is 11.6 Å². The highest BCUT2D eigenvalue weighted by molar-refractivity contribution is 7.89. The van der Waals surface area contributed by atoms with E-state index in [0.29, 0.717) is 0 Å². The summed E-state index contributed by atoms with van der Waals surface area (Å²) >= 11 is 5.73. The molecule has 1 aromatic rings. The summed E-state index contributed by atoms with van der Waals surface area (Å²) in [6.07, 6.45) is 0.159. The molecular weight excluding hydrogens is 281 g/mol. The summed E-state index contributed by atoms with van der Waals surface area (Å²) < 4.78 is 39.2. The molecule has 0 aliphatic heterocycles. The number of hydrogen-bond donors (Lipinski definition) is 1. The highest BCUT2D eigenvalue weighted by Gasteiger charge is 2.22. The van der Waals surface area contributed by atoms with Crippen molar-refractivity contribution in [2.75, 3.05) is 6.54 Å². The first-order valence-electron chi connectivity index (χ1n) is 5.35. The van der Waals surface area contributed by atoms with E-state index in [9.17, 15) is 17.6 Å². The largest absolute Gasteiger partial charge is 0.294 e. The molecule has 0 aliphatic rings. The number of nitrogens with one attached hydrogen (secondary N) is 1. The number of sulfonamides is 1. The Kier molecular flexibility index (Phi) is 4.84. The van der Waals surface area contributed by atoms with Crippen molar-refractivity contribution in [2.24, 2.45) is 0 Å². The first-order chi connectivity index (χ1) is 8.33. The molecule has 0 atom stereocenters. The fraction of sp³-hybridized carbons (Fsp3) is 0.364. The van der Waals surface area contributed by atoms with Gasteiger partial charge in [-0.25, -0.2) is 17.5 Å². The molecule has 1 aromatic carbocycles. The summed E-state index contributed by atoms with van der Waals surface area (Å²) in [5.41, 5.74) is 0.0112. The predicted octanol–water partition coefficient (Wildman–Crippen LogP) is 2.37. The van der Waals surface area contributed by atoms with Gasteiger partial charge in [-0.2, -0.15) is 0 Å². The van der Waals surface area contributed by atoms with E-state index in [-0.39, 0.29) is 29.3 Å². The van der Waals surface area contributed by atoms with Crippen LogP contribution in [-0.2, 0) is 10.0 Å². The van der Waals surface area contributed by atoms with Crippen molar-refractivity contribution >= 4 is 27.4 Å². The number of ketones is 1. The van der Waals surface area contributed by atoms with Gasteiger partial charge in [-0.1, -0.05) is 25.4 Å². The normalized spacial score (nSPS) is 11.6. The van der Waals surface area contributed by atoms with Crippen molar-refractivity contribution in [1.29, 1.82) is 0 Å². The molecule has 0 unspecified atom stereocenters. The van der Waals surface area contributed by atoms with E-state index >= 15 is 0 Å². The maximum absolute atomic E-state index is 13.6. The van der Waals surface area contributed by atoms with Crippen molar-refractivity contribution in [2.45, 2.75) is 25.2 Å². The van der Waals surface area contributed by atoms with Crippen LogP contribution in [0, 0.1) is 5.82 Å². The summed E-state index contributed by atoms with van der Waals surface area (Å²) in [6, 6.07) is 1.82. The first kappa shape index (κ1) is 15.1. The Morgan fingerprint density at radius 1 is 1.39 bits per heavy atom. The van der Waals surface area contributed by atoms with Gasteiger partial charge in [0.1, 0.15) is 10.7 Å². The van der Waals surface area contributed by atoms with Gasteiger partial charge in [0.25, 0.3) is 0 Å². The topological polar surface area (TPSA) is 63.2 Å². The van der Waals surface area contributed by atoms with Crippen LogP contribution < -0.4 is 4.72 Å². The summed E-state index contributed by atoms with van der Waals surface area (Å²) in [6.45, 7) is 3.31. The third kappa shape index (κ3) is 3.07. The third-order valence-corrected chi connectivity index (χ3v) is 4.14. The number of hydrogen-bond acceptors (Lipinski definition) is 3. The molecule has 0 spiro atoms. The second kappa shape index (κ2) is 5.77. The van der Waals surface area contributed by atoms with Gasteiger partial charge in [-0.15, -0.1) is 0 Å². The number of Topliss-reactive ketones (excluding diaryl/α,β-unsaturated/α-hetero) is 1. The minimum absolute atomic E-state index is 0.0112. The minimum atomic E-state index is -3.96. The van der Waals surface area contributed by atoms with Gasteiger partial charge in [0, 0.05) is 18.5 Å². The zero-order chi connectivity index (χ0) is 13.9. The third-order valence-electron chi connectivity index (χ3n) is 2.27. The maximum Gasteiger partial charge on any atom is 0.243 e. The van der Waals surface area contributed by atoms with Gasteiger partial charge in [0.15, 0.2) is 5.78 Å². The average Bonchev–Trinajstić information content (AvgIpc) is 2.27. The highest BCUT2D eigenvalue weighted by Crippen LogP contribution is 2.25. The van der Waals surface area contributed by atoms with E-state index in [1.54, 1.807) is 13.8 Å². The molecule has 7 heteroatoms. The Bertz CT molecular complexity index is 572.